The lowest BCUT2D eigenvalue weighted by atomic mass is 10.1. The first kappa shape index (κ1) is 11.4. The van der Waals surface area contributed by atoms with E-state index >= 15 is 0 Å². The van der Waals surface area contributed by atoms with Gasteiger partial charge in [0.1, 0.15) is 5.75 Å². The Kier molecular flexibility index (Phi) is 2.70. The van der Waals surface area contributed by atoms with Gasteiger partial charge in [-0.05, 0) is 35.9 Å². The van der Waals surface area contributed by atoms with Crippen LogP contribution in [0.25, 0.3) is 22.2 Å². The molecule has 0 amide bonds. The van der Waals surface area contributed by atoms with Gasteiger partial charge in [0.2, 0.25) is 0 Å². The third kappa shape index (κ3) is 2.04. The smallest absolute Gasteiger partial charge is 0.120 e. The summed E-state index contributed by atoms with van der Waals surface area (Å²) < 4.78 is 5.21. The van der Waals surface area contributed by atoms with Crippen LogP contribution in [0.4, 0.5) is 0 Å². The molecule has 3 rings (SSSR count). The van der Waals surface area contributed by atoms with Gasteiger partial charge in [0.25, 0.3) is 0 Å². The fourth-order valence-electron chi connectivity index (χ4n) is 2.14. The average molecular weight is 248 g/mol. The summed E-state index contributed by atoms with van der Waals surface area (Å²) in [7, 11) is 1.65. The molecule has 19 heavy (non-hydrogen) atoms. The van der Waals surface area contributed by atoms with Crippen molar-refractivity contribution in [2.75, 3.05) is 7.11 Å². The Morgan fingerprint density at radius 1 is 1.11 bits per heavy atom. The van der Waals surface area contributed by atoms with Crippen LogP contribution in [0.3, 0.4) is 0 Å². The zero-order valence-electron chi connectivity index (χ0n) is 10.5. The van der Waals surface area contributed by atoms with Gasteiger partial charge in [0, 0.05) is 22.7 Å². The van der Waals surface area contributed by atoms with Crippen molar-refractivity contribution in [3.8, 4) is 23.1 Å². The minimum Gasteiger partial charge on any atom is -0.497 e. The Morgan fingerprint density at radius 3 is 2.79 bits per heavy atom. The van der Waals surface area contributed by atoms with Gasteiger partial charge in [0.05, 0.1) is 18.7 Å². The number of rotatable bonds is 2. The molecule has 1 aromatic heterocycles. The van der Waals surface area contributed by atoms with Crippen LogP contribution < -0.4 is 4.74 Å². The summed E-state index contributed by atoms with van der Waals surface area (Å²) in [5.41, 5.74) is 3.69. The van der Waals surface area contributed by atoms with Crippen molar-refractivity contribution in [3.05, 3.63) is 54.1 Å². The van der Waals surface area contributed by atoms with Crippen molar-refractivity contribution < 1.29 is 4.74 Å². The Morgan fingerprint density at radius 2 is 2.00 bits per heavy atom. The van der Waals surface area contributed by atoms with E-state index in [2.05, 4.69) is 17.1 Å². The highest BCUT2D eigenvalue weighted by atomic mass is 16.5. The zero-order valence-corrected chi connectivity index (χ0v) is 10.5. The maximum Gasteiger partial charge on any atom is 0.120 e. The van der Waals surface area contributed by atoms with Crippen molar-refractivity contribution in [3.63, 3.8) is 0 Å². The van der Waals surface area contributed by atoms with E-state index in [-0.39, 0.29) is 0 Å². The predicted molar refractivity (Wildman–Crippen MR) is 75.0 cm³/mol. The molecule has 0 saturated heterocycles. The SMILES string of the molecule is COc1ccc2cc(-c3cccc(C#N)c3)[nH]c2c1. The van der Waals surface area contributed by atoms with Crippen LogP contribution in [0.2, 0.25) is 0 Å². The molecule has 0 bridgehead atoms. The van der Waals surface area contributed by atoms with Crippen molar-refractivity contribution in [1.82, 2.24) is 4.98 Å². The molecule has 0 unspecified atom stereocenters. The molecule has 0 aliphatic heterocycles. The number of nitrogens with one attached hydrogen (secondary N) is 1. The van der Waals surface area contributed by atoms with Gasteiger partial charge in [-0.1, -0.05) is 12.1 Å². The molecule has 92 valence electrons. The first-order valence-electron chi connectivity index (χ1n) is 5.97. The largest absolute Gasteiger partial charge is 0.497 e. The number of aromatic amines is 1. The summed E-state index contributed by atoms with van der Waals surface area (Å²) in [5.74, 6) is 0.826. The van der Waals surface area contributed by atoms with Gasteiger partial charge in [-0.2, -0.15) is 5.26 Å². The first-order valence-corrected chi connectivity index (χ1v) is 5.97. The molecule has 3 heteroatoms. The quantitative estimate of drug-likeness (QED) is 0.751. The standard InChI is InChI=1S/C16H12N2O/c1-19-14-6-5-13-8-15(18-16(13)9-14)12-4-2-3-11(7-12)10-17/h2-9,18H,1H3. The highest BCUT2D eigenvalue weighted by Gasteiger charge is 2.05. The number of nitriles is 1. The third-order valence-corrected chi connectivity index (χ3v) is 3.13. The molecule has 2 aromatic carbocycles. The highest BCUT2D eigenvalue weighted by molar-refractivity contribution is 5.87. The van der Waals surface area contributed by atoms with Crippen LogP contribution in [0.15, 0.2) is 48.5 Å². The number of H-pyrrole nitrogens is 1. The molecule has 0 atom stereocenters. The summed E-state index contributed by atoms with van der Waals surface area (Å²) in [6.45, 7) is 0. The van der Waals surface area contributed by atoms with Crippen LogP contribution in [-0.2, 0) is 0 Å². The highest BCUT2D eigenvalue weighted by Crippen LogP contribution is 2.27. The molecule has 0 aliphatic rings. The van der Waals surface area contributed by atoms with E-state index in [1.165, 1.54) is 0 Å². The van der Waals surface area contributed by atoms with E-state index in [9.17, 15) is 0 Å². The van der Waals surface area contributed by atoms with E-state index in [4.69, 9.17) is 10.00 Å². The lowest BCUT2D eigenvalue weighted by molar-refractivity contribution is 0.415. The Bertz CT molecular complexity index is 781. The number of hydrogen-bond donors (Lipinski definition) is 1. The third-order valence-electron chi connectivity index (χ3n) is 3.13. The van der Waals surface area contributed by atoms with Crippen molar-refractivity contribution in [1.29, 1.82) is 5.26 Å². The minimum atomic E-state index is 0.661. The molecule has 0 aliphatic carbocycles. The number of benzene rings is 2. The van der Waals surface area contributed by atoms with Crippen LogP contribution in [0, 0.1) is 11.3 Å². The van der Waals surface area contributed by atoms with E-state index in [0.29, 0.717) is 5.56 Å². The molecule has 0 radical (unpaired) electrons. The van der Waals surface area contributed by atoms with Gasteiger partial charge in [0.15, 0.2) is 0 Å². The molecule has 3 nitrogen and oxygen atoms in total. The number of fused-ring (bicyclic) bond motifs is 1. The normalized spacial score (nSPS) is 10.3. The number of hydrogen-bond acceptors (Lipinski definition) is 2. The summed E-state index contributed by atoms with van der Waals surface area (Å²) in [6, 6.07) is 17.7. The van der Waals surface area contributed by atoms with E-state index in [1.54, 1.807) is 13.2 Å². The summed E-state index contributed by atoms with van der Waals surface area (Å²) in [4.78, 5) is 3.35. The molecular weight excluding hydrogens is 236 g/mol. The molecule has 0 spiro atoms. The number of aromatic nitrogens is 1. The summed E-state index contributed by atoms with van der Waals surface area (Å²) in [5, 5.41) is 10.1. The molecule has 1 N–H and O–H groups in total. The van der Waals surface area contributed by atoms with Crippen molar-refractivity contribution >= 4 is 10.9 Å². The van der Waals surface area contributed by atoms with Gasteiger partial charge in [-0.3, -0.25) is 0 Å². The first-order chi connectivity index (χ1) is 9.30. The number of methoxy groups -OCH3 is 1. The predicted octanol–water partition coefficient (Wildman–Crippen LogP) is 3.72. The molecule has 0 fully saturated rings. The lowest BCUT2D eigenvalue weighted by Gasteiger charge is -1.98. The maximum atomic E-state index is 8.94. The van der Waals surface area contributed by atoms with Crippen LogP contribution >= 0.6 is 0 Å². The average Bonchev–Trinajstić information content (AvgIpc) is 2.90. The minimum absolute atomic E-state index is 0.661. The fourth-order valence-corrected chi connectivity index (χ4v) is 2.14. The number of ether oxygens (including phenoxy) is 1. The second kappa shape index (κ2) is 4.51. The van der Waals surface area contributed by atoms with Crippen molar-refractivity contribution in [2.24, 2.45) is 0 Å². The van der Waals surface area contributed by atoms with Crippen LogP contribution in [0.5, 0.6) is 5.75 Å². The number of nitrogens with zero attached hydrogens (tertiary/aromatic N) is 1. The van der Waals surface area contributed by atoms with Crippen LogP contribution in [0.1, 0.15) is 5.56 Å². The fraction of sp³-hybridized carbons (Fsp3) is 0.0625. The zero-order chi connectivity index (χ0) is 13.2. The van der Waals surface area contributed by atoms with E-state index < -0.39 is 0 Å². The lowest BCUT2D eigenvalue weighted by Crippen LogP contribution is -1.81. The molecular formula is C16H12N2O. The van der Waals surface area contributed by atoms with Crippen molar-refractivity contribution in [2.45, 2.75) is 0 Å². The summed E-state index contributed by atoms with van der Waals surface area (Å²) >= 11 is 0. The molecule has 0 saturated carbocycles. The second-order valence-corrected chi connectivity index (χ2v) is 4.33. The Labute approximate surface area is 111 Å². The monoisotopic (exact) mass is 248 g/mol. The van der Waals surface area contributed by atoms with E-state index in [1.807, 2.05) is 36.4 Å². The van der Waals surface area contributed by atoms with Crippen LogP contribution in [-0.4, -0.2) is 12.1 Å². The molecule has 1 heterocycles. The second-order valence-electron chi connectivity index (χ2n) is 4.33. The Balaban J connectivity index is 2.12. The molecule has 3 aromatic rings. The van der Waals surface area contributed by atoms with Gasteiger partial charge in [-0.15, -0.1) is 0 Å². The topological polar surface area (TPSA) is 48.8 Å². The Hall–Kier alpha value is -2.73. The van der Waals surface area contributed by atoms with E-state index in [0.717, 1.165) is 27.9 Å². The summed E-state index contributed by atoms with van der Waals surface area (Å²) in [6.07, 6.45) is 0. The maximum absolute atomic E-state index is 8.94. The van der Waals surface area contributed by atoms with Gasteiger partial charge < -0.3 is 9.72 Å². The van der Waals surface area contributed by atoms with Gasteiger partial charge in [-0.25, -0.2) is 0 Å². The van der Waals surface area contributed by atoms with Gasteiger partial charge >= 0.3 is 0 Å².